The van der Waals surface area contributed by atoms with Crippen LogP contribution < -0.4 is 4.90 Å². The van der Waals surface area contributed by atoms with E-state index in [9.17, 15) is 17.3 Å². The number of hydrogen-bond acceptors (Lipinski definition) is 2. The molecule has 1 aliphatic rings. The molecule has 2 rings (SSSR count). The first-order chi connectivity index (χ1) is 8.92. The normalized spacial score (nSPS) is 13.8. The summed E-state index contributed by atoms with van der Waals surface area (Å²) in [4.78, 5) is 3.94. The van der Waals surface area contributed by atoms with E-state index in [0.717, 1.165) is 5.88 Å². The van der Waals surface area contributed by atoms with Gasteiger partial charge in [-0.05, 0) is 18.6 Å². The highest BCUT2D eigenvalue weighted by Crippen LogP contribution is 2.37. The monoisotopic (exact) mass is 294 g/mol. The molecule has 19 heavy (non-hydrogen) atoms. The van der Waals surface area contributed by atoms with E-state index in [2.05, 4.69) is 36.1 Å². The standard InChI is InChI=1S/C12H17NS.BF4/c1-2-3-6-9-13-10-14-12-8-5-4-7-11(12)13;2-1(3,4)5/h4-5,7-8H,2-3,6,9-10H2,1H3;/q;-1. The largest absolute Gasteiger partial charge is 0.673 e. The van der Waals surface area contributed by atoms with E-state index in [4.69, 9.17) is 0 Å². The number of unbranched alkanes of at least 4 members (excludes halogenated alkanes) is 2. The van der Waals surface area contributed by atoms with E-state index >= 15 is 0 Å². The Morgan fingerprint density at radius 1 is 1.16 bits per heavy atom. The van der Waals surface area contributed by atoms with E-state index in [1.807, 2.05) is 11.8 Å². The number of nitrogens with zero attached hydrogens (tertiary/aromatic N) is 1. The summed E-state index contributed by atoms with van der Waals surface area (Å²) in [6.07, 6.45) is 3.98. The Morgan fingerprint density at radius 3 is 2.42 bits per heavy atom. The molecule has 1 heterocycles. The fraction of sp³-hybridized carbons (Fsp3) is 0.500. The summed E-state index contributed by atoms with van der Waals surface area (Å²) in [7, 11) is -6.00. The fourth-order valence-electron chi connectivity index (χ4n) is 1.80. The van der Waals surface area contributed by atoms with E-state index < -0.39 is 7.25 Å². The second-order valence-electron chi connectivity index (χ2n) is 4.21. The van der Waals surface area contributed by atoms with Gasteiger partial charge >= 0.3 is 7.25 Å². The Balaban J connectivity index is 0.000000312. The molecule has 0 aliphatic carbocycles. The summed E-state index contributed by atoms with van der Waals surface area (Å²) >= 11 is 1.96. The first-order valence-electron chi connectivity index (χ1n) is 6.26. The van der Waals surface area contributed by atoms with Crippen LogP contribution >= 0.6 is 11.8 Å². The minimum atomic E-state index is -6.00. The first kappa shape index (κ1) is 16.2. The van der Waals surface area contributed by atoms with Gasteiger partial charge < -0.3 is 22.2 Å². The molecule has 0 atom stereocenters. The summed E-state index contributed by atoms with van der Waals surface area (Å²) in [5.41, 5.74) is 1.44. The quantitative estimate of drug-likeness (QED) is 0.434. The number of anilines is 1. The number of rotatable bonds is 4. The SMILES string of the molecule is CCCCCN1CSc2ccccc21.F[B-](F)(F)F. The number of thioether (sulfide) groups is 1. The summed E-state index contributed by atoms with van der Waals surface area (Å²) in [5, 5.41) is 0. The van der Waals surface area contributed by atoms with Gasteiger partial charge in [0.25, 0.3) is 0 Å². The maximum absolute atomic E-state index is 9.75. The lowest BCUT2D eigenvalue weighted by atomic mass is 10.2. The third-order valence-corrected chi connectivity index (χ3v) is 3.71. The summed E-state index contributed by atoms with van der Waals surface area (Å²) in [6.45, 7) is 3.48. The van der Waals surface area contributed by atoms with Crippen molar-refractivity contribution in [1.29, 1.82) is 0 Å². The molecule has 1 aliphatic heterocycles. The minimum Gasteiger partial charge on any atom is -0.418 e. The Morgan fingerprint density at radius 2 is 1.79 bits per heavy atom. The van der Waals surface area contributed by atoms with Gasteiger partial charge in [0.05, 0.1) is 11.6 Å². The predicted molar refractivity (Wildman–Crippen MR) is 74.2 cm³/mol. The Hall–Kier alpha value is -0.845. The molecule has 0 saturated heterocycles. The molecule has 7 heteroatoms. The van der Waals surface area contributed by atoms with Gasteiger partial charge in [0.1, 0.15) is 0 Å². The molecule has 0 bridgehead atoms. The van der Waals surface area contributed by atoms with Gasteiger partial charge in [-0.15, -0.1) is 11.8 Å². The highest BCUT2D eigenvalue weighted by molar-refractivity contribution is 7.99. The van der Waals surface area contributed by atoms with Crippen molar-refractivity contribution in [3.63, 3.8) is 0 Å². The van der Waals surface area contributed by atoms with Crippen LogP contribution in [0.3, 0.4) is 0 Å². The molecule has 1 aromatic rings. The van der Waals surface area contributed by atoms with Gasteiger partial charge in [0.2, 0.25) is 0 Å². The lowest BCUT2D eigenvalue weighted by molar-refractivity contribution is 0.368. The van der Waals surface area contributed by atoms with Crippen molar-refractivity contribution in [2.24, 2.45) is 0 Å². The van der Waals surface area contributed by atoms with E-state index in [-0.39, 0.29) is 0 Å². The molecule has 108 valence electrons. The van der Waals surface area contributed by atoms with Gasteiger partial charge in [-0.1, -0.05) is 31.9 Å². The topological polar surface area (TPSA) is 3.24 Å². The molecule has 1 nitrogen and oxygen atoms in total. The van der Waals surface area contributed by atoms with Crippen molar-refractivity contribution in [3.8, 4) is 0 Å². The average Bonchev–Trinajstić information content (AvgIpc) is 2.71. The highest BCUT2D eigenvalue weighted by atomic mass is 32.2. The number of para-hydroxylation sites is 1. The van der Waals surface area contributed by atoms with Crippen molar-refractivity contribution in [2.75, 3.05) is 17.3 Å². The molecule has 0 aromatic heterocycles. The zero-order chi connectivity index (χ0) is 14.3. The second kappa shape index (κ2) is 7.67. The molecule has 1 aromatic carbocycles. The van der Waals surface area contributed by atoms with E-state index in [1.165, 1.54) is 36.4 Å². The third-order valence-electron chi connectivity index (χ3n) is 2.61. The number of benzene rings is 1. The molecular formula is C12H17BF4NS-. The van der Waals surface area contributed by atoms with Crippen LogP contribution in [0.5, 0.6) is 0 Å². The van der Waals surface area contributed by atoms with Crippen LogP contribution in [0.1, 0.15) is 26.2 Å². The molecule has 0 fully saturated rings. The van der Waals surface area contributed by atoms with Crippen LogP contribution in [0.4, 0.5) is 23.0 Å². The van der Waals surface area contributed by atoms with Crippen LogP contribution in [-0.4, -0.2) is 19.7 Å². The van der Waals surface area contributed by atoms with E-state index in [0.29, 0.717) is 0 Å². The molecule has 0 N–H and O–H groups in total. The van der Waals surface area contributed by atoms with Gasteiger partial charge in [-0.25, -0.2) is 0 Å². The lowest BCUT2D eigenvalue weighted by Crippen LogP contribution is -2.20. The highest BCUT2D eigenvalue weighted by Gasteiger charge is 2.20. The van der Waals surface area contributed by atoms with Crippen molar-refractivity contribution in [3.05, 3.63) is 24.3 Å². The summed E-state index contributed by atoms with van der Waals surface area (Å²) in [6, 6.07) is 8.72. The maximum atomic E-state index is 9.75. The van der Waals surface area contributed by atoms with Crippen LogP contribution in [0.2, 0.25) is 0 Å². The van der Waals surface area contributed by atoms with Gasteiger partial charge in [-0.2, -0.15) is 0 Å². The number of hydrogen-bond donors (Lipinski definition) is 0. The van der Waals surface area contributed by atoms with Gasteiger partial charge in [-0.3, -0.25) is 0 Å². The average molecular weight is 294 g/mol. The molecule has 0 amide bonds. The van der Waals surface area contributed by atoms with Crippen LogP contribution in [-0.2, 0) is 0 Å². The third kappa shape index (κ3) is 6.75. The molecule has 0 unspecified atom stereocenters. The molecule has 0 saturated carbocycles. The molecular weight excluding hydrogens is 277 g/mol. The van der Waals surface area contributed by atoms with Gasteiger partial charge in [0, 0.05) is 11.4 Å². The van der Waals surface area contributed by atoms with Crippen molar-refractivity contribution >= 4 is 24.7 Å². The van der Waals surface area contributed by atoms with Crippen molar-refractivity contribution < 1.29 is 17.3 Å². The minimum absolute atomic E-state index is 1.14. The smallest absolute Gasteiger partial charge is 0.418 e. The summed E-state index contributed by atoms with van der Waals surface area (Å²) < 4.78 is 39.0. The zero-order valence-corrected chi connectivity index (χ0v) is 11.6. The molecule has 0 radical (unpaired) electrons. The fourth-order valence-corrected chi connectivity index (χ4v) is 2.88. The zero-order valence-electron chi connectivity index (χ0n) is 10.8. The van der Waals surface area contributed by atoms with Crippen LogP contribution in [0.15, 0.2) is 29.2 Å². The lowest BCUT2D eigenvalue weighted by Gasteiger charge is -2.17. The second-order valence-corrected chi connectivity index (χ2v) is 5.19. The maximum Gasteiger partial charge on any atom is 0.673 e. The van der Waals surface area contributed by atoms with Gasteiger partial charge in [0.15, 0.2) is 0 Å². The Bertz CT molecular complexity index is 380. The van der Waals surface area contributed by atoms with Crippen molar-refractivity contribution in [2.45, 2.75) is 31.1 Å². The van der Waals surface area contributed by atoms with Crippen LogP contribution in [0.25, 0.3) is 0 Å². The first-order valence-corrected chi connectivity index (χ1v) is 7.24. The number of fused-ring (bicyclic) bond motifs is 1. The molecule has 0 spiro atoms. The van der Waals surface area contributed by atoms with Crippen molar-refractivity contribution in [1.82, 2.24) is 0 Å². The number of halogens is 4. The van der Waals surface area contributed by atoms with Crippen LogP contribution in [0, 0.1) is 0 Å². The summed E-state index contributed by atoms with van der Waals surface area (Å²) in [5.74, 6) is 1.14. The predicted octanol–water partition coefficient (Wildman–Crippen LogP) is 5.05. The Kier molecular flexibility index (Phi) is 6.55. The Labute approximate surface area is 115 Å². The van der Waals surface area contributed by atoms with E-state index in [1.54, 1.807) is 0 Å².